The third-order valence-electron chi connectivity index (χ3n) is 4.68. The molecule has 0 saturated heterocycles. The largest absolute Gasteiger partial charge is 0.433 e. The van der Waals surface area contributed by atoms with E-state index >= 15 is 0 Å². The second-order valence-corrected chi connectivity index (χ2v) is 9.03. The van der Waals surface area contributed by atoms with Crippen LogP contribution >= 0.6 is 31.9 Å². The van der Waals surface area contributed by atoms with Crippen LogP contribution in [0.1, 0.15) is 49.7 Å². The van der Waals surface area contributed by atoms with Crippen LogP contribution < -0.4 is 0 Å². The quantitative estimate of drug-likeness (QED) is 0.121. The van der Waals surface area contributed by atoms with Gasteiger partial charge in [0.05, 0.1) is 11.1 Å². The second-order valence-electron chi connectivity index (χ2n) is 7.19. The van der Waals surface area contributed by atoms with Crippen molar-refractivity contribution in [3.63, 3.8) is 0 Å². The second kappa shape index (κ2) is 14.8. The lowest BCUT2D eigenvalue weighted by molar-refractivity contribution is -0.139. The molecule has 174 valence electrons. The summed E-state index contributed by atoms with van der Waals surface area (Å²) in [6.45, 7) is 0. The number of unbranched alkanes of at least 4 members (excludes halogenated alkanes) is 3. The van der Waals surface area contributed by atoms with Crippen LogP contribution in [-0.4, -0.2) is 11.9 Å². The first-order valence-electron chi connectivity index (χ1n) is 10.5. The minimum atomic E-state index is -0.411. The van der Waals surface area contributed by atoms with Gasteiger partial charge in [-0.05, 0) is 48.2 Å². The van der Waals surface area contributed by atoms with Crippen LogP contribution in [0.2, 0.25) is 0 Å². The number of carbonyl (C=O) groups is 2. The number of nitriles is 2. The molecule has 0 unspecified atom stereocenters. The Morgan fingerprint density at radius 2 is 1.03 bits per heavy atom. The molecule has 0 aromatic heterocycles. The fourth-order valence-electron chi connectivity index (χ4n) is 2.84. The maximum Gasteiger partial charge on any atom is 0.310 e. The Bertz CT molecular complexity index is 1030. The number of ether oxygens (including phenoxy) is 2. The summed E-state index contributed by atoms with van der Waals surface area (Å²) >= 11 is 6.66. The molecule has 0 heterocycles. The highest BCUT2D eigenvalue weighted by molar-refractivity contribution is 9.10. The van der Waals surface area contributed by atoms with Crippen molar-refractivity contribution >= 4 is 54.9 Å². The van der Waals surface area contributed by atoms with Gasteiger partial charge in [0.2, 0.25) is 0 Å². The van der Waals surface area contributed by atoms with Gasteiger partial charge in [0, 0.05) is 21.8 Å². The molecule has 0 fully saturated rings. The Hall–Kier alpha value is -3.20. The van der Waals surface area contributed by atoms with E-state index in [2.05, 4.69) is 31.9 Å². The van der Waals surface area contributed by atoms with Gasteiger partial charge in [-0.3, -0.25) is 9.59 Å². The van der Waals surface area contributed by atoms with E-state index in [9.17, 15) is 20.1 Å². The molecule has 0 aliphatic rings. The maximum atomic E-state index is 11.9. The number of nitrogens with zero attached hydrogens (tertiary/aromatic N) is 2. The molecule has 0 aliphatic carbocycles. The highest BCUT2D eigenvalue weighted by Gasteiger charge is 2.07. The van der Waals surface area contributed by atoms with Crippen LogP contribution in [-0.2, 0) is 19.1 Å². The minimum absolute atomic E-state index is 0.224. The standard InChI is InChI=1S/C26H22Br2N2O4/c27-23-11-7-19(8-12-23)21(15-29)17-33-25(31)5-3-1-2-4-6-26(32)34-18-22(16-30)20-9-13-24(28)14-10-20/h7-14,17-18H,1-6H2. The van der Waals surface area contributed by atoms with Crippen LogP contribution in [0.25, 0.3) is 11.1 Å². The van der Waals surface area contributed by atoms with E-state index in [-0.39, 0.29) is 24.0 Å². The van der Waals surface area contributed by atoms with Crippen molar-refractivity contribution in [1.29, 1.82) is 10.5 Å². The summed E-state index contributed by atoms with van der Waals surface area (Å²) in [5.74, 6) is -0.822. The molecular formula is C26H22Br2N2O4. The minimum Gasteiger partial charge on any atom is -0.433 e. The van der Waals surface area contributed by atoms with Gasteiger partial charge in [0.25, 0.3) is 0 Å². The lowest BCUT2D eigenvalue weighted by atomic mass is 10.1. The fraction of sp³-hybridized carbons (Fsp3) is 0.231. The van der Waals surface area contributed by atoms with Gasteiger partial charge in [-0.15, -0.1) is 0 Å². The van der Waals surface area contributed by atoms with E-state index in [0.29, 0.717) is 24.0 Å². The Balaban J connectivity index is 1.64. The molecule has 34 heavy (non-hydrogen) atoms. The van der Waals surface area contributed by atoms with E-state index in [4.69, 9.17) is 9.47 Å². The topological polar surface area (TPSA) is 100 Å². The highest BCUT2D eigenvalue weighted by Crippen LogP contribution is 2.19. The van der Waals surface area contributed by atoms with Gasteiger partial charge in [0.15, 0.2) is 0 Å². The van der Waals surface area contributed by atoms with Crippen molar-refractivity contribution in [2.75, 3.05) is 0 Å². The summed E-state index contributed by atoms with van der Waals surface area (Å²) in [4.78, 5) is 23.8. The Morgan fingerprint density at radius 3 is 1.35 bits per heavy atom. The number of halogens is 2. The van der Waals surface area contributed by atoms with Gasteiger partial charge in [-0.1, -0.05) is 69.0 Å². The molecule has 2 aromatic rings. The van der Waals surface area contributed by atoms with Crippen LogP contribution in [0.15, 0.2) is 70.0 Å². The molecule has 0 aliphatic heterocycles. The van der Waals surface area contributed by atoms with E-state index in [0.717, 1.165) is 21.8 Å². The molecule has 0 amide bonds. The maximum absolute atomic E-state index is 11.9. The normalized spacial score (nSPS) is 11.3. The number of allylic oxidation sites excluding steroid dienone is 2. The lowest BCUT2D eigenvalue weighted by Gasteiger charge is -2.03. The van der Waals surface area contributed by atoms with Crippen LogP contribution in [0.4, 0.5) is 0 Å². The van der Waals surface area contributed by atoms with Gasteiger partial charge >= 0.3 is 11.9 Å². The zero-order chi connectivity index (χ0) is 24.8. The van der Waals surface area contributed by atoms with Gasteiger partial charge in [0.1, 0.15) is 24.7 Å². The third kappa shape index (κ3) is 9.74. The number of carbonyl (C=O) groups excluding carboxylic acids is 2. The van der Waals surface area contributed by atoms with Crippen molar-refractivity contribution in [3.05, 3.63) is 81.1 Å². The number of rotatable bonds is 11. The summed E-state index contributed by atoms with van der Waals surface area (Å²) in [5, 5.41) is 18.5. The van der Waals surface area contributed by atoms with Crippen molar-refractivity contribution in [2.24, 2.45) is 0 Å². The predicted molar refractivity (Wildman–Crippen MR) is 135 cm³/mol. The predicted octanol–water partition coefficient (Wildman–Crippen LogP) is 7.07. The first-order chi connectivity index (χ1) is 16.4. The zero-order valence-electron chi connectivity index (χ0n) is 18.3. The molecule has 8 heteroatoms. The van der Waals surface area contributed by atoms with Gasteiger partial charge in [-0.25, -0.2) is 0 Å². The first kappa shape index (κ1) is 27.0. The smallest absolute Gasteiger partial charge is 0.310 e. The number of hydrogen-bond donors (Lipinski definition) is 0. The molecule has 2 rings (SSSR count). The van der Waals surface area contributed by atoms with Gasteiger partial charge < -0.3 is 9.47 Å². The summed E-state index contributed by atoms with van der Waals surface area (Å²) < 4.78 is 12.0. The number of esters is 2. The molecule has 2 aromatic carbocycles. The highest BCUT2D eigenvalue weighted by atomic mass is 79.9. The molecule has 0 N–H and O–H groups in total. The first-order valence-corrected chi connectivity index (χ1v) is 12.1. The summed E-state index contributed by atoms with van der Waals surface area (Å²) in [6.07, 6.45) is 5.54. The van der Waals surface area contributed by atoms with Crippen LogP contribution in [0.3, 0.4) is 0 Å². The van der Waals surface area contributed by atoms with E-state index in [1.54, 1.807) is 48.5 Å². The van der Waals surface area contributed by atoms with Crippen molar-refractivity contribution in [1.82, 2.24) is 0 Å². The fourth-order valence-corrected chi connectivity index (χ4v) is 3.36. The summed E-state index contributed by atoms with van der Waals surface area (Å²) in [7, 11) is 0. The molecule has 0 spiro atoms. The Kier molecular flexibility index (Phi) is 11.8. The molecule has 6 nitrogen and oxygen atoms in total. The van der Waals surface area contributed by atoms with Crippen LogP contribution in [0, 0.1) is 22.7 Å². The van der Waals surface area contributed by atoms with Gasteiger partial charge in [-0.2, -0.15) is 10.5 Å². The summed E-state index contributed by atoms with van der Waals surface area (Å²) in [6, 6.07) is 18.3. The molecule has 0 bridgehead atoms. The Labute approximate surface area is 215 Å². The molecule has 0 radical (unpaired) electrons. The average Bonchev–Trinajstić information content (AvgIpc) is 2.84. The SMILES string of the molecule is N#CC(=COC(=O)CCCCCCC(=O)OC=C(C#N)c1ccc(Br)cc1)c1ccc(Br)cc1. The van der Waals surface area contributed by atoms with Crippen molar-refractivity contribution in [2.45, 2.75) is 38.5 Å². The summed E-state index contributed by atoms with van der Waals surface area (Å²) in [5.41, 5.74) is 1.87. The monoisotopic (exact) mass is 584 g/mol. The van der Waals surface area contributed by atoms with Crippen LogP contribution in [0.5, 0.6) is 0 Å². The lowest BCUT2D eigenvalue weighted by Crippen LogP contribution is -2.01. The van der Waals surface area contributed by atoms with Crippen molar-refractivity contribution in [3.8, 4) is 12.1 Å². The van der Waals surface area contributed by atoms with E-state index in [1.165, 1.54) is 12.5 Å². The number of hydrogen-bond acceptors (Lipinski definition) is 6. The van der Waals surface area contributed by atoms with E-state index in [1.807, 2.05) is 12.1 Å². The third-order valence-corrected chi connectivity index (χ3v) is 5.74. The molecular weight excluding hydrogens is 564 g/mol. The zero-order valence-corrected chi connectivity index (χ0v) is 21.5. The number of benzene rings is 2. The molecule has 0 atom stereocenters. The Morgan fingerprint density at radius 1 is 0.676 bits per heavy atom. The van der Waals surface area contributed by atoms with Crippen molar-refractivity contribution < 1.29 is 19.1 Å². The van der Waals surface area contributed by atoms with E-state index < -0.39 is 11.9 Å². The molecule has 0 saturated carbocycles. The average molecular weight is 586 g/mol.